The van der Waals surface area contributed by atoms with Crippen LogP contribution in [0.3, 0.4) is 0 Å². The van der Waals surface area contributed by atoms with Crippen molar-refractivity contribution in [2.75, 3.05) is 0 Å². The van der Waals surface area contributed by atoms with E-state index >= 15 is 0 Å². The van der Waals surface area contributed by atoms with E-state index in [1.807, 2.05) is 6.07 Å². The van der Waals surface area contributed by atoms with Crippen LogP contribution in [0.5, 0.6) is 0 Å². The predicted octanol–water partition coefficient (Wildman–Crippen LogP) is 3.69. The number of benzene rings is 1. The summed E-state index contributed by atoms with van der Waals surface area (Å²) in [6.45, 7) is 6.63. The topological polar surface area (TPSA) is 26.0 Å². The zero-order valence-corrected chi connectivity index (χ0v) is 10.2. The van der Waals surface area contributed by atoms with E-state index in [9.17, 15) is 0 Å². The number of hydrogen-bond acceptors (Lipinski definition) is 1. The van der Waals surface area contributed by atoms with Gasteiger partial charge in [0.25, 0.3) is 0 Å². The van der Waals surface area contributed by atoms with Gasteiger partial charge in [0.2, 0.25) is 0 Å². The highest BCUT2D eigenvalue weighted by molar-refractivity contribution is 5.22. The van der Waals surface area contributed by atoms with E-state index in [2.05, 4.69) is 45.0 Å². The fourth-order valence-electron chi connectivity index (χ4n) is 2.11. The summed E-state index contributed by atoms with van der Waals surface area (Å²) in [5.41, 5.74) is 7.45. The van der Waals surface area contributed by atoms with Crippen LogP contribution in [0.25, 0.3) is 0 Å². The van der Waals surface area contributed by atoms with E-state index in [4.69, 9.17) is 5.73 Å². The third-order valence-corrected chi connectivity index (χ3v) is 3.30. The predicted molar refractivity (Wildman–Crippen MR) is 66.7 cm³/mol. The second-order valence-electron chi connectivity index (χ2n) is 4.67. The molecule has 0 fully saturated rings. The average Bonchev–Trinajstić information content (AvgIpc) is 2.27. The fourth-order valence-corrected chi connectivity index (χ4v) is 2.11. The molecule has 1 unspecified atom stereocenters. The van der Waals surface area contributed by atoms with Gasteiger partial charge in [-0.05, 0) is 24.8 Å². The summed E-state index contributed by atoms with van der Waals surface area (Å²) in [4.78, 5) is 0. The minimum absolute atomic E-state index is 0.183. The summed E-state index contributed by atoms with van der Waals surface area (Å²) in [7, 11) is 0. The Labute approximate surface area is 93.7 Å². The lowest BCUT2D eigenvalue weighted by Gasteiger charge is -2.29. The Morgan fingerprint density at radius 2 is 1.67 bits per heavy atom. The first-order valence-electron chi connectivity index (χ1n) is 5.94. The summed E-state index contributed by atoms with van der Waals surface area (Å²) < 4.78 is 0. The lowest BCUT2D eigenvalue weighted by molar-refractivity contribution is 0.329. The van der Waals surface area contributed by atoms with Crippen molar-refractivity contribution < 1.29 is 0 Å². The standard InChI is InChI=1S/C14H23N/c1-4-12(5-2)11-14(3,15)13-9-7-6-8-10-13/h6-10,12H,4-5,11,15H2,1-3H3. The van der Waals surface area contributed by atoms with Crippen LogP contribution in [0.2, 0.25) is 0 Å². The molecule has 0 spiro atoms. The van der Waals surface area contributed by atoms with Gasteiger partial charge in [0.15, 0.2) is 0 Å². The van der Waals surface area contributed by atoms with Crippen molar-refractivity contribution in [1.82, 2.24) is 0 Å². The second-order valence-corrected chi connectivity index (χ2v) is 4.67. The van der Waals surface area contributed by atoms with E-state index in [1.165, 1.54) is 18.4 Å². The maximum atomic E-state index is 6.39. The van der Waals surface area contributed by atoms with Crippen molar-refractivity contribution in [3.63, 3.8) is 0 Å². The second kappa shape index (κ2) is 5.32. The summed E-state index contributed by atoms with van der Waals surface area (Å²) in [5.74, 6) is 0.736. The summed E-state index contributed by atoms with van der Waals surface area (Å²) in [5, 5.41) is 0. The van der Waals surface area contributed by atoms with Crippen molar-refractivity contribution in [3.8, 4) is 0 Å². The van der Waals surface area contributed by atoms with Crippen molar-refractivity contribution in [1.29, 1.82) is 0 Å². The molecule has 1 heteroatoms. The first kappa shape index (κ1) is 12.3. The Balaban J connectivity index is 2.74. The minimum Gasteiger partial charge on any atom is -0.322 e. The van der Waals surface area contributed by atoms with Crippen molar-refractivity contribution in [2.24, 2.45) is 11.7 Å². The van der Waals surface area contributed by atoms with E-state index in [-0.39, 0.29) is 5.54 Å². The van der Waals surface area contributed by atoms with Gasteiger partial charge in [-0.3, -0.25) is 0 Å². The smallest absolute Gasteiger partial charge is 0.0383 e. The largest absolute Gasteiger partial charge is 0.322 e. The van der Waals surface area contributed by atoms with E-state index < -0.39 is 0 Å². The van der Waals surface area contributed by atoms with Gasteiger partial charge in [-0.1, -0.05) is 57.0 Å². The molecule has 1 atom stereocenters. The molecule has 0 radical (unpaired) electrons. The Kier molecular flexibility index (Phi) is 4.34. The third kappa shape index (κ3) is 3.35. The molecule has 0 aliphatic heterocycles. The monoisotopic (exact) mass is 205 g/mol. The molecule has 0 saturated heterocycles. The molecule has 2 N–H and O–H groups in total. The molecule has 0 aliphatic carbocycles. The molecule has 1 aromatic carbocycles. The highest BCUT2D eigenvalue weighted by Gasteiger charge is 2.23. The van der Waals surface area contributed by atoms with Crippen LogP contribution in [-0.2, 0) is 5.54 Å². The van der Waals surface area contributed by atoms with E-state index in [1.54, 1.807) is 0 Å². The van der Waals surface area contributed by atoms with Gasteiger partial charge < -0.3 is 5.73 Å². The van der Waals surface area contributed by atoms with Crippen LogP contribution in [0.15, 0.2) is 30.3 Å². The molecular weight excluding hydrogens is 182 g/mol. The zero-order valence-electron chi connectivity index (χ0n) is 10.2. The molecule has 1 rings (SSSR count). The first-order chi connectivity index (χ1) is 7.10. The molecule has 0 aliphatic rings. The lowest BCUT2D eigenvalue weighted by Crippen LogP contribution is -2.35. The lowest BCUT2D eigenvalue weighted by atomic mass is 9.82. The van der Waals surface area contributed by atoms with Gasteiger partial charge in [0.05, 0.1) is 0 Å². The van der Waals surface area contributed by atoms with Crippen LogP contribution in [-0.4, -0.2) is 0 Å². The number of rotatable bonds is 5. The molecule has 0 saturated carbocycles. The van der Waals surface area contributed by atoms with Gasteiger partial charge in [-0.25, -0.2) is 0 Å². The normalized spacial score (nSPS) is 15.3. The quantitative estimate of drug-likeness (QED) is 0.779. The highest BCUT2D eigenvalue weighted by Crippen LogP contribution is 2.28. The molecule has 0 heterocycles. The summed E-state index contributed by atoms with van der Waals surface area (Å²) >= 11 is 0. The number of hydrogen-bond donors (Lipinski definition) is 1. The van der Waals surface area contributed by atoms with Gasteiger partial charge in [0.1, 0.15) is 0 Å². The Morgan fingerprint density at radius 1 is 1.13 bits per heavy atom. The van der Waals surface area contributed by atoms with E-state index in [0.717, 1.165) is 12.3 Å². The molecular formula is C14H23N. The van der Waals surface area contributed by atoms with Crippen molar-refractivity contribution in [2.45, 2.75) is 45.6 Å². The van der Waals surface area contributed by atoms with Gasteiger partial charge in [-0.15, -0.1) is 0 Å². The fraction of sp³-hybridized carbons (Fsp3) is 0.571. The zero-order chi connectivity index (χ0) is 11.3. The SMILES string of the molecule is CCC(CC)CC(C)(N)c1ccccc1. The Bertz CT molecular complexity index is 273. The van der Waals surface area contributed by atoms with Crippen LogP contribution in [0, 0.1) is 5.92 Å². The molecule has 15 heavy (non-hydrogen) atoms. The molecule has 0 aromatic heterocycles. The van der Waals surface area contributed by atoms with Crippen LogP contribution in [0.4, 0.5) is 0 Å². The Hall–Kier alpha value is -0.820. The Morgan fingerprint density at radius 3 is 2.13 bits per heavy atom. The molecule has 0 amide bonds. The van der Waals surface area contributed by atoms with Crippen LogP contribution in [0.1, 0.15) is 45.6 Å². The average molecular weight is 205 g/mol. The van der Waals surface area contributed by atoms with Crippen LogP contribution < -0.4 is 5.73 Å². The molecule has 0 bridgehead atoms. The van der Waals surface area contributed by atoms with Gasteiger partial charge in [-0.2, -0.15) is 0 Å². The maximum Gasteiger partial charge on any atom is 0.0383 e. The molecule has 84 valence electrons. The van der Waals surface area contributed by atoms with Crippen molar-refractivity contribution in [3.05, 3.63) is 35.9 Å². The molecule has 1 nitrogen and oxygen atoms in total. The highest BCUT2D eigenvalue weighted by atomic mass is 14.7. The summed E-state index contributed by atoms with van der Waals surface area (Å²) in [6.07, 6.45) is 3.51. The number of nitrogens with two attached hydrogens (primary N) is 1. The summed E-state index contributed by atoms with van der Waals surface area (Å²) in [6, 6.07) is 10.4. The molecule has 1 aromatic rings. The minimum atomic E-state index is -0.183. The van der Waals surface area contributed by atoms with Gasteiger partial charge >= 0.3 is 0 Å². The maximum absolute atomic E-state index is 6.39. The van der Waals surface area contributed by atoms with Crippen molar-refractivity contribution >= 4 is 0 Å². The van der Waals surface area contributed by atoms with Crippen LogP contribution >= 0.6 is 0 Å². The van der Waals surface area contributed by atoms with Gasteiger partial charge in [0, 0.05) is 5.54 Å². The first-order valence-corrected chi connectivity index (χ1v) is 5.94. The van der Waals surface area contributed by atoms with E-state index in [0.29, 0.717) is 0 Å². The third-order valence-electron chi connectivity index (χ3n) is 3.30.